The topological polar surface area (TPSA) is 41.0 Å². The molecule has 0 aliphatic carbocycles. The fourth-order valence-corrected chi connectivity index (χ4v) is 2.89. The van der Waals surface area contributed by atoms with Gasteiger partial charge in [-0.1, -0.05) is 23.7 Å². The zero-order valence-electron chi connectivity index (χ0n) is 15.7. The van der Waals surface area contributed by atoms with E-state index in [1.165, 1.54) is 6.07 Å². The first-order chi connectivity index (χ1) is 13.4. The van der Waals surface area contributed by atoms with E-state index in [1.54, 1.807) is 18.2 Å². The molecule has 1 N–H and O–H groups in total. The lowest BCUT2D eigenvalue weighted by atomic mass is 10.2. The SMILES string of the molecule is CN(C)CCCNc1nc(C=Cc2ccc(F)c(F)c2)nc2ccc(Cl)cc12. The summed E-state index contributed by atoms with van der Waals surface area (Å²) in [5, 5.41) is 4.79. The van der Waals surface area contributed by atoms with Crippen molar-refractivity contribution in [3.63, 3.8) is 0 Å². The first-order valence-corrected chi connectivity index (χ1v) is 9.29. The summed E-state index contributed by atoms with van der Waals surface area (Å²) in [5.74, 6) is -0.606. The lowest BCUT2D eigenvalue weighted by Crippen LogP contribution is -2.17. The molecular formula is C21H21ClF2N4. The van der Waals surface area contributed by atoms with Gasteiger partial charge in [-0.25, -0.2) is 18.7 Å². The second-order valence-electron chi connectivity index (χ2n) is 6.68. The van der Waals surface area contributed by atoms with E-state index in [9.17, 15) is 8.78 Å². The molecule has 0 saturated carbocycles. The standard InChI is InChI=1S/C21H21ClF2N4/c1-28(2)11-3-10-25-21-16-13-15(22)6-8-19(16)26-20(27-21)9-5-14-4-7-17(23)18(24)12-14/h4-9,12-13H,3,10-11H2,1-2H3,(H,25,26,27). The van der Waals surface area contributed by atoms with E-state index < -0.39 is 11.6 Å². The summed E-state index contributed by atoms with van der Waals surface area (Å²) >= 11 is 6.13. The average Bonchev–Trinajstić information content (AvgIpc) is 2.66. The zero-order valence-corrected chi connectivity index (χ0v) is 16.5. The number of benzene rings is 2. The molecule has 146 valence electrons. The number of nitrogens with one attached hydrogen (secondary N) is 1. The van der Waals surface area contributed by atoms with E-state index in [2.05, 4.69) is 20.2 Å². The highest BCUT2D eigenvalue weighted by atomic mass is 35.5. The van der Waals surface area contributed by atoms with Crippen LogP contribution in [0, 0.1) is 11.6 Å². The van der Waals surface area contributed by atoms with Crippen LogP contribution < -0.4 is 5.32 Å². The highest BCUT2D eigenvalue weighted by Gasteiger charge is 2.08. The van der Waals surface area contributed by atoms with Crippen LogP contribution in [0.4, 0.5) is 14.6 Å². The summed E-state index contributed by atoms with van der Waals surface area (Å²) < 4.78 is 26.5. The molecule has 7 heteroatoms. The van der Waals surface area contributed by atoms with Gasteiger partial charge in [0.1, 0.15) is 5.82 Å². The number of hydrogen-bond acceptors (Lipinski definition) is 4. The minimum atomic E-state index is -0.889. The third-order valence-corrected chi connectivity index (χ3v) is 4.35. The van der Waals surface area contributed by atoms with Crippen LogP contribution in [0.15, 0.2) is 36.4 Å². The number of nitrogens with zero attached hydrogens (tertiary/aromatic N) is 3. The third-order valence-electron chi connectivity index (χ3n) is 4.12. The number of hydrogen-bond donors (Lipinski definition) is 1. The van der Waals surface area contributed by atoms with E-state index >= 15 is 0 Å². The van der Waals surface area contributed by atoms with Gasteiger partial charge >= 0.3 is 0 Å². The number of rotatable bonds is 7. The summed E-state index contributed by atoms with van der Waals surface area (Å²) in [6.45, 7) is 1.71. The van der Waals surface area contributed by atoms with Gasteiger partial charge in [0.05, 0.1) is 5.52 Å². The summed E-state index contributed by atoms with van der Waals surface area (Å²) in [6.07, 6.45) is 4.28. The van der Waals surface area contributed by atoms with E-state index in [4.69, 9.17) is 11.6 Å². The van der Waals surface area contributed by atoms with Crippen molar-refractivity contribution in [1.82, 2.24) is 14.9 Å². The highest BCUT2D eigenvalue weighted by molar-refractivity contribution is 6.31. The van der Waals surface area contributed by atoms with Crippen LogP contribution in [0.3, 0.4) is 0 Å². The van der Waals surface area contributed by atoms with Crippen molar-refractivity contribution >= 4 is 40.5 Å². The van der Waals surface area contributed by atoms with Gasteiger partial charge in [0.2, 0.25) is 0 Å². The van der Waals surface area contributed by atoms with Gasteiger partial charge in [-0.15, -0.1) is 0 Å². The van der Waals surface area contributed by atoms with Crippen LogP contribution in [0.5, 0.6) is 0 Å². The molecule has 0 radical (unpaired) electrons. The summed E-state index contributed by atoms with van der Waals surface area (Å²) in [7, 11) is 4.06. The second-order valence-corrected chi connectivity index (χ2v) is 7.12. The molecule has 0 aliphatic rings. The van der Waals surface area contributed by atoms with E-state index in [0.29, 0.717) is 22.2 Å². The second kappa shape index (κ2) is 9.08. The molecule has 0 fully saturated rings. The van der Waals surface area contributed by atoms with Crippen molar-refractivity contribution in [3.8, 4) is 0 Å². The van der Waals surface area contributed by atoms with Gasteiger partial charge in [0, 0.05) is 17.0 Å². The minimum absolute atomic E-state index is 0.467. The molecule has 0 unspecified atom stereocenters. The first kappa shape index (κ1) is 20.2. The molecule has 0 bridgehead atoms. The van der Waals surface area contributed by atoms with Crippen LogP contribution >= 0.6 is 11.6 Å². The smallest absolute Gasteiger partial charge is 0.159 e. The molecular weight excluding hydrogens is 382 g/mol. The first-order valence-electron chi connectivity index (χ1n) is 8.91. The molecule has 0 aliphatic heterocycles. The molecule has 1 heterocycles. The number of anilines is 1. The molecule has 0 spiro atoms. The Labute approximate surface area is 167 Å². The van der Waals surface area contributed by atoms with Crippen LogP contribution in [-0.2, 0) is 0 Å². The Morgan fingerprint density at radius 2 is 1.86 bits per heavy atom. The predicted octanol–water partition coefficient (Wildman–Crippen LogP) is 5.10. The molecule has 4 nitrogen and oxygen atoms in total. The molecule has 1 aromatic heterocycles. The summed E-state index contributed by atoms with van der Waals surface area (Å²) in [4.78, 5) is 11.2. The fraction of sp³-hybridized carbons (Fsp3) is 0.238. The lowest BCUT2D eigenvalue weighted by molar-refractivity contribution is 0.405. The van der Waals surface area contributed by atoms with Gasteiger partial charge < -0.3 is 10.2 Å². The van der Waals surface area contributed by atoms with E-state index in [1.807, 2.05) is 26.2 Å². The molecule has 28 heavy (non-hydrogen) atoms. The Hall–Kier alpha value is -2.57. The van der Waals surface area contributed by atoms with Crippen molar-refractivity contribution in [2.75, 3.05) is 32.5 Å². The number of fused-ring (bicyclic) bond motifs is 1. The number of halogens is 3. The van der Waals surface area contributed by atoms with Crippen molar-refractivity contribution in [2.45, 2.75) is 6.42 Å². The van der Waals surface area contributed by atoms with Crippen molar-refractivity contribution < 1.29 is 8.78 Å². The maximum absolute atomic E-state index is 13.4. The van der Waals surface area contributed by atoms with Gasteiger partial charge in [-0.3, -0.25) is 0 Å². The lowest BCUT2D eigenvalue weighted by Gasteiger charge is -2.12. The molecule has 3 rings (SSSR count). The Morgan fingerprint density at radius 1 is 1.04 bits per heavy atom. The largest absolute Gasteiger partial charge is 0.369 e. The third kappa shape index (κ3) is 5.24. The van der Waals surface area contributed by atoms with Gasteiger partial charge in [-0.05, 0) is 69.0 Å². The average molecular weight is 403 g/mol. The van der Waals surface area contributed by atoms with E-state index in [-0.39, 0.29) is 0 Å². The highest BCUT2D eigenvalue weighted by Crippen LogP contribution is 2.25. The molecule has 0 amide bonds. The Morgan fingerprint density at radius 3 is 2.61 bits per heavy atom. The zero-order chi connectivity index (χ0) is 20.1. The Kier molecular flexibility index (Phi) is 6.54. The molecule has 0 atom stereocenters. The van der Waals surface area contributed by atoms with Crippen LogP contribution in [0.2, 0.25) is 5.02 Å². The summed E-state index contributed by atoms with van der Waals surface area (Å²) in [5.41, 5.74) is 1.28. The van der Waals surface area contributed by atoms with Gasteiger partial charge in [0.15, 0.2) is 17.5 Å². The normalized spacial score (nSPS) is 11.6. The molecule has 3 aromatic rings. The quantitative estimate of drug-likeness (QED) is 0.558. The van der Waals surface area contributed by atoms with Crippen LogP contribution in [-0.4, -0.2) is 42.1 Å². The number of aromatic nitrogens is 2. The maximum atomic E-state index is 13.4. The Bertz CT molecular complexity index is 1010. The monoisotopic (exact) mass is 402 g/mol. The maximum Gasteiger partial charge on any atom is 0.159 e. The van der Waals surface area contributed by atoms with E-state index in [0.717, 1.165) is 42.5 Å². The van der Waals surface area contributed by atoms with Crippen molar-refractivity contribution in [2.24, 2.45) is 0 Å². The summed E-state index contributed by atoms with van der Waals surface area (Å²) in [6, 6.07) is 9.15. The molecule has 0 saturated heterocycles. The fourth-order valence-electron chi connectivity index (χ4n) is 2.72. The Balaban J connectivity index is 1.88. The predicted molar refractivity (Wildman–Crippen MR) is 111 cm³/mol. The van der Waals surface area contributed by atoms with Crippen LogP contribution in [0.25, 0.3) is 23.1 Å². The molecule has 2 aromatic carbocycles. The van der Waals surface area contributed by atoms with Crippen LogP contribution in [0.1, 0.15) is 17.8 Å². The van der Waals surface area contributed by atoms with Crippen molar-refractivity contribution in [1.29, 1.82) is 0 Å². The van der Waals surface area contributed by atoms with Gasteiger partial charge in [-0.2, -0.15) is 0 Å². The minimum Gasteiger partial charge on any atom is -0.369 e. The van der Waals surface area contributed by atoms with Crippen molar-refractivity contribution in [3.05, 3.63) is 64.4 Å². The van der Waals surface area contributed by atoms with Gasteiger partial charge in [0.25, 0.3) is 0 Å².